The van der Waals surface area contributed by atoms with Gasteiger partial charge in [-0.25, -0.2) is 0 Å². The maximum absolute atomic E-state index is 11.8. The molecule has 0 aromatic heterocycles. The van der Waals surface area contributed by atoms with Crippen molar-refractivity contribution in [1.82, 2.24) is 0 Å². The Labute approximate surface area is 107 Å². The van der Waals surface area contributed by atoms with E-state index in [0.717, 1.165) is 12.0 Å². The van der Waals surface area contributed by atoms with E-state index in [1.807, 2.05) is 37.3 Å². The first-order valence-electron chi connectivity index (χ1n) is 5.25. The molecule has 1 aromatic carbocycles. The SMILES string of the molecule is CCCC(=O)C(C(C)=O)c1ccccc1.[Fe]. The van der Waals surface area contributed by atoms with Crippen molar-refractivity contribution in [3.05, 3.63) is 35.9 Å². The van der Waals surface area contributed by atoms with Gasteiger partial charge in [0.1, 0.15) is 17.5 Å². The minimum Gasteiger partial charge on any atom is -0.299 e. The maximum atomic E-state index is 11.8. The van der Waals surface area contributed by atoms with E-state index in [1.165, 1.54) is 6.92 Å². The molecule has 88 valence electrons. The second-order valence-electron chi connectivity index (χ2n) is 3.67. The normalized spacial score (nSPS) is 11.4. The summed E-state index contributed by atoms with van der Waals surface area (Å²) in [6, 6.07) is 9.25. The predicted octanol–water partition coefficient (Wildman–Crippen LogP) is 2.73. The minimum atomic E-state index is -0.564. The number of hydrogen-bond acceptors (Lipinski definition) is 2. The predicted molar refractivity (Wildman–Crippen MR) is 59.8 cm³/mol. The van der Waals surface area contributed by atoms with Crippen LogP contribution in [0.3, 0.4) is 0 Å². The summed E-state index contributed by atoms with van der Waals surface area (Å²) < 4.78 is 0. The number of carbonyl (C=O) groups excluding carboxylic acids is 2. The quantitative estimate of drug-likeness (QED) is 0.602. The molecular weight excluding hydrogens is 244 g/mol. The molecule has 0 aliphatic carbocycles. The first-order chi connectivity index (χ1) is 7.16. The van der Waals surface area contributed by atoms with Gasteiger partial charge in [0.15, 0.2) is 0 Å². The fourth-order valence-corrected chi connectivity index (χ4v) is 1.68. The summed E-state index contributed by atoms with van der Waals surface area (Å²) in [4.78, 5) is 23.2. The van der Waals surface area contributed by atoms with Crippen LogP contribution < -0.4 is 0 Å². The zero-order valence-corrected chi connectivity index (χ0v) is 10.7. The topological polar surface area (TPSA) is 34.1 Å². The van der Waals surface area contributed by atoms with Crippen molar-refractivity contribution < 1.29 is 26.7 Å². The second-order valence-corrected chi connectivity index (χ2v) is 3.67. The van der Waals surface area contributed by atoms with E-state index in [2.05, 4.69) is 0 Å². The van der Waals surface area contributed by atoms with Crippen molar-refractivity contribution in [3.8, 4) is 0 Å². The number of benzene rings is 1. The second kappa shape index (κ2) is 7.37. The number of ketones is 2. The van der Waals surface area contributed by atoms with Crippen molar-refractivity contribution in [2.24, 2.45) is 0 Å². The summed E-state index contributed by atoms with van der Waals surface area (Å²) in [6.45, 7) is 3.42. The van der Waals surface area contributed by atoms with E-state index in [0.29, 0.717) is 6.42 Å². The van der Waals surface area contributed by atoms with Gasteiger partial charge in [-0.15, -0.1) is 0 Å². The summed E-state index contributed by atoms with van der Waals surface area (Å²) in [5.74, 6) is -0.609. The van der Waals surface area contributed by atoms with Gasteiger partial charge in [-0.1, -0.05) is 37.3 Å². The molecular formula is C13H16FeO2. The van der Waals surface area contributed by atoms with E-state index in [4.69, 9.17) is 0 Å². The molecule has 0 aliphatic rings. The maximum Gasteiger partial charge on any atom is 0.147 e. The Kier molecular flexibility index (Phi) is 6.94. The summed E-state index contributed by atoms with van der Waals surface area (Å²) in [5.41, 5.74) is 0.809. The Morgan fingerprint density at radius 2 is 1.75 bits per heavy atom. The van der Waals surface area contributed by atoms with E-state index < -0.39 is 5.92 Å². The fourth-order valence-electron chi connectivity index (χ4n) is 1.68. The Morgan fingerprint density at radius 3 is 2.19 bits per heavy atom. The molecule has 1 atom stereocenters. The summed E-state index contributed by atoms with van der Waals surface area (Å²) >= 11 is 0. The Morgan fingerprint density at radius 1 is 1.19 bits per heavy atom. The van der Waals surface area contributed by atoms with Gasteiger partial charge in [-0.2, -0.15) is 0 Å². The smallest absolute Gasteiger partial charge is 0.147 e. The Balaban J connectivity index is 0.00000225. The average molecular weight is 260 g/mol. The van der Waals surface area contributed by atoms with E-state index in [9.17, 15) is 9.59 Å². The zero-order valence-electron chi connectivity index (χ0n) is 9.55. The molecule has 1 rings (SSSR count). The summed E-state index contributed by atoms with van der Waals surface area (Å²) in [5, 5.41) is 0. The van der Waals surface area contributed by atoms with E-state index in [-0.39, 0.29) is 28.6 Å². The van der Waals surface area contributed by atoms with Crippen LogP contribution in [0.2, 0.25) is 0 Å². The van der Waals surface area contributed by atoms with Crippen LogP contribution in [0.15, 0.2) is 30.3 Å². The number of rotatable bonds is 5. The van der Waals surface area contributed by atoms with Gasteiger partial charge in [-0.3, -0.25) is 9.59 Å². The Hall–Kier alpha value is -0.921. The zero-order chi connectivity index (χ0) is 11.3. The molecule has 0 heterocycles. The van der Waals surface area contributed by atoms with Crippen molar-refractivity contribution >= 4 is 11.6 Å². The van der Waals surface area contributed by atoms with Crippen LogP contribution in [0.1, 0.15) is 38.2 Å². The molecule has 0 N–H and O–H groups in total. The van der Waals surface area contributed by atoms with Crippen LogP contribution in [-0.4, -0.2) is 11.6 Å². The molecule has 16 heavy (non-hydrogen) atoms. The van der Waals surface area contributed by atoms with Crippen LogP contribution >= 0.6 is 0 Å². The molecule has 0 saturated heterocycles. The average Bonchev–Trinajstić information content (AvgIpc) is 2.19. The van der Waals surface area contributed by atoms with E-state index >= 15 is 0 Å². The summed E-state index contributed by atoms with van der Waals surface area (Å²) in [6.07, 6.45) is 1.26. The van der Waals surface area contributed by atoms with Crippen molar-refractivity contribution in [3.63, 3.8) is 0 Å². The third-order valence-corrected chi connectivity index (χ3v) is 2.36. The largest absolute Gasteiger partial charge is 0.299 e. The minimum absolute atomic E-state index is 0. The molecule has 1 unspecified atom stereocenters. The number of hydrogen-bond donors (Lipinski definition) is 0. The van der Waals surface area contributed by atoms with Gasteiger partial charge >= 0.3 is 0 Å². The van der Waals surface area contributed by atoms with Crippen LogP contribution in [0, 0.1) is 0 Å². The van der Waals surface area contributed by atoms with Crippen LogP contribution in [0.25, 0.3) is 0 Å². The van der Waals surface area contributed by atoms with Crippen molar-refractivity contribution in [1.29, 1.82) is 0 Å². The fraction of sp³-hybridized carbons (Fsp3) is 0.385. The van der Waals surface area contributed by atoms with Crippen LogP contribution in [0.5, 0.6) is 0 Å². The molecule has 0 bridgehead atoms. The number of Topliss-reactive ketones (excluding diaryl/α,β-unsaturated/α-hetero) is 2. The van der Waals surface area contributed by atoms with Gasteiger partial charge in [0.25, 0.3) is 0 Å². The van der Waals surface area contributed by atoms with Gasteiger partial charge in [0.05, 0.1) is 0 Å². The van der Waals surface area contributed by atoms with Crippen LogP contribution in [0.4, 0.5) is 0 Å². The molecule has 2 nitrogen and oxygen atoms in total. The van der Waals surface area contributed by atoms with Gasteiger partial charge in [0, 0.05) is 23.5 Å². The van der Waals surface area contributed by atoms with Gasteiger partial charge < -0.3 is 0 Å². The molecule has 0 fully saturated rings. The third-order valence-electron chi connectivity index (χ3n) is 2.36. The standard InChI is InChI=1S/C13H16O2.Fe/c1-3-7-12(15)13(10(2)14)11-8-5-4-6-9-11;/h4-6,8-9,13H,3,7H2,1-2H3;. The monoisotopic (exact) mass is 260 g/mol. The molecule has 3 heteroatoms. The van der Waals surface area contributed by atoms with Crippen molar-refractivity contribution in [2.45, 2.75) is 32.6 Å². The van der Waals surface area contributed by atoms with Gasteiger partial charge in [-0.05, 0) is 18.9 Å². The summed E-state index contributed by atoms with van der Waals surface area (Å²) in [7, 11) is 0. The molecule has 0 saturated carbocycles. The van der Waals surface area contributed by atoms with Crippen LogP contribution in [-0.2, 0) is 26.7 Å². The van der Waals surface area contributed by atoms with Crippen molar-refractivity contribution in [2.75, 3.05) is 0 Å². The first kappa shape index (κ1) is 15.1. The molecule has 0 radical (unpaired) electrons. The molecule has 0 aliphatic heterocycles. The molecule has 1 aromatic rings. The molecule has 0 spiro atoms. The van der Waals surface area contributed by atoms with Gasteiger partial charge in [0.2, 0.25) is 0 Å². The molecule has 0 amide bonds. The number of carbonyl (C=O) groups is 2. The Bertz CT molecular complexity index is 346. The first-order valence-corrected chi connectivity index (χ1v) is 5.25. The van der Waals surface area contributed by atoms with E-state index in [1.54, 1.807) is 0 Å². The third kappa shape index (κ3) is 3.91.